The van der Waals surface area contributed by atoms with Crippen LogP contribution in [0.2, 0.25) is 11.1 Å². The van der Waals surface area contributed by atoms with E-state index in [9.17, 15) is 0 Å². The smallest absolute Gasteiger partial charge is 0.374 e. The molecule has 0 aromatic rings. The fourth-order valence-electron chi connectivity index (χ4n) is 2.94. The lowest BCUT2D eigenvalue weighted by Crippen LogP contribution is -2.51. The summed E-state index contributed by atoms with van der Waals surface area (Å²) in [6.07, 6.45) is 0. The van der Waals surface area contributed by atoms with Crippen molar-refractivity contribution < 1.29 is 26.6 Å². The van der Waals surface area contributed by atoms with Crippen LogP contribution in [0, 0.1) is 0 Å². The van der Waals surface area contributed by atoms with Gasteiger partial charge in [-0.05, 0) is 41.5 Å². The molecule has 0 saturated heterocycles. The number of rotatable bonds is 18. The molecule has 0 aromatic heterocycles. The summed E-state index contributed by atoms with van der Waals surface area (Å²) in [5, 5.41) is 0. The molecule has 0 spiro atoms. The van der Waals surface area contributed by atoms with Gasteiger partial charge in [0.1, 0.15) is 0 Å². The van der Waals surface area contributed by atoms with Gasteiger partial charge in [-0.15, -0.1) is 0 Å². The highest BCUT2D eigenvalue weighted by Crippen LogP contribution is 2.33. The second-order valence-electron chi connectivity index (χ2n) is 6.14. The molecule has 0 aromatic carbocycles. The summed E-state index contributed by atoms with van der Waals surface area (Å²) in [5.41, 5.74) is 0.439. The van der Waals surface area contributed by atoms with Gasteiger partial charge in [0.05, 0.1) is 0 Å². The summed E-state index contributed by atoms with van der Waals surface area (Å²) in [6, 6.07) is 0. The molecule has 0 amide bonds. The van der Waals surface area contributed by atoms with Crippen LogP contribution >= 0.6 is 11.8 Å². The van der Waals surface area contributed by atoms with Crippen molar-refractivity contribution in [3.63, 3.8) is 0 Å². The van der Waals surface area contributed by atoms with E-state index in [2.05, 4.69) is 13.8 Å². The normalized spacial score (nSPS) is 15.1. The SMILES string of the molecule is CCO[Si](OCC)(OCC)C(C)CSCC(C)[Si](OCC)(OCC)OCC. The Kier molecular flexibility index (Phi) is 15.7. The lowest BCUT2D eigenvalue weighted by molar-refractivity contribution is 0.0644. The second kappa shape index (κ2) is 15.4. The van der Waals surface area contributed by atoms with Crippen LogP contribution in [0.25, 0.3) is 0 Å². The third-order valence-corrected chi connectivity index (χ3v) is 13.0. The number of hydrogen-bond acceptors (Lipinski definition) is 7. The first-order chi connectivity index (χ1) is 12.9. The van der Waals surface area contributed by atoms with Gasteiger partial charge in [-0.2, -0.15) is 11.8 Å². The van der Waals surface area contributed by atoms with Crippen LogP contribution in [0.15, 0.2) is 0 Å². The summed E-state index contributed by atoms with van der Waals surface area (Å²) in [7, 11) is -5.33. The van der Waals surface area contributed by atoms with Crippen molar-refractivity contribution in [2.45, 2.75) is 66.5 Å². The van der Waals surface area contributed by atoms with E-state index in [4.69, 9.17) is 26.6 Å². The Balaban J connectivity index is 4.95. The first kappa shape index (κ1) is 27.5. The van der Waals surface area contributed by atoms with E-state index < -0.39 is 17.6 Å². The van der Waals surface area contributed by atoms with Crippen molar-refractivity contribution in [3.05, 3.63) is 0 Å². The summed E-state index contributed by atoms with van der Waals surface area (Å²) in [4.78, 5) is 0. The van der Waals surface area contributed by atoms with E-state index in [1.165, 1.54) is 0 Å². The van der Waals surface area contributed by atoms with Crippen LogP contribution in [-0.2, 0) is 26.6 Å². The quantitative estimate of drug-likeness (QED) is 0.288. The van der Waals surface area contributed by atoms with E-state index in [1.54, 1.807) is 0 Å². The summed E-state index contributed by atoms with van der Waals surface area (Å²) in [5.74, 6) is 1.82. The summed E-state index contributed by atoms with van der Waals surface area (Å²) >= 11 is 1.87. The van der Waals surface area contributed by atoms with E-state index in [0.29, 0.717) is 39.6 Å². The third-order valence-electron chi connectivity index (χ3n) is 4.02. The molecular weight excluding hydrogens is 400 g/mol. The standard InChI is InChI=1S/C18H42O6SSi2/c1-9-19-26(20-10-2,21-11-3)17(7)15-25-16-18(8)27(22-12-4,23-13-5)24-14-6/h17-18H,9-16H2,1-8H3. The van der Waals surface area contributed by atoms with Gasteiger partial charge in [-0.3, -0.25) is 0 Å². The van der Waals surface area contributed by atoms with E-state index >= 15 is 0 Å². The van der Waals surface area contributed by atoms with Crippen LogP contribution in [-0.4, -0.2) is 68.8 Å². The van der Waals surface area contributed by atoms with Gasteiger partial charge >= 0.3 is 17.6 Å². The number of hydrogen-bond donors (Lipinski definition) is 0. The average molecular weight is 443 g/mol. The lowest BCUT2D eigenvalue weighted by Gasteiger charge is -2.35. The van der Waals surface area contributed by atoms with Gasteiger partial charge in [0.2, 0.25) is 0 Å². The molecule has 6 nitrogen and oxygen atoms in total. The Morgan fingerprint density at radius 2 is 0.741 bits per heavy atom. The minimum absolute atomic E-state index is 0.219. The van der Waals surface area contributed by atoms with Crippen molar-refractivity contribution in [1.82, 2.24) is 0 Å². The molecule has 0 saturated carbocycles. The van der Waals surface area contributed by atoms with Gasteiger partial charge < -0.3 is 26.6 Å². The first-order valence-corrected chi connectivity index (χ1v) is 15.1. The molecule has 2 atom stereocenters. The summed E-state index contributed by atoms with van der Waals surface area (Å²) in [6.45, 7) is 19.9. The molecule has 0 radical (unpaired) electrons. The second-order valence-corrected chi connectivity index (χ2v) is 13.3. The molecule has 0 rings (SSSR count). The fourth-order valence-corrected chi connectivity index (χ4v) is 10.7. The highest BCUT2D eigenvalue weighted by atomic mass is 32.2. The minimum Gasteiger partial charge on any atom is -0.374 e. The molecule has 0 aliphatic rings. The Bertz CT molecular complexity index is 299. The van der Waals surface area contributed by atoms with E-state index in [0.717, 1.165) is 11.5 Å². The molecule has 0 aliphatic carbocycles. The predicted octanol–water partition coefficient (Wildman–Crippen LogP) is 4.60. The first-order valence-electron chi connectivity index (χ1n) is 10.3. The van der Waals surface area contributed by atoms with Crippen molar-refractivity contribution in [2.75, 3.05) is 51.1 Å². The monoisotopic (exact) mass is 442 g/mol. The Labute approximate surface area is 173 Å². The van der Waals surface area contributed by atoms with Crippen LogP contribution in [0.4, 0.5) is 0 Å². The van der Waals surface area contributed by atoms with E-state index in [1.807, 2.05) is 53.3 Å². The average Bonchev–Trinajstić information content (AvgIpc) is 2.62. The summed E-state index contributed by atoms with van der Waals surface area (Å²) < 4.78 is 36.2. The van der Waals surface area contributed by atoms with Crippen LogP contribution in [0.3, 0.4) is 0 Å². The zero-order chi connectivity index (χ0) is 20.8. The van der Waals surface area contributed by atoms with Gasteiger partial charge in [0, 0.05) is 62.2 Å². The van der Waals surface area contributed by atoms with Crippen molar-refractivity contribution in [1.29, 1.82) is 0 Å². The molecule has 9 heteroatoms. The van der Waals surface area contributed by atoms with Crippen molar-refractivity contribution >= 4 is 29.4 Å². The maximum Gasteiger partial charge on any atom is 0.504 e. The van der Waals surface area contributed by atoms with Crippen LogP contribution in [0.1, 0.15) is 55.4 Å². The zero-order valence-corrected chi connectivity index (χ0v) is 21.5. The van der Waals surface area contributed by atoms with Gasteiger partial charge in [0.25, 0.3) is 0 Å². The van der Waals surface area contributed by atoms with Gasteiger partial charge in [-0.1, -0.05) is 13.8 Å². The highest BCUT2D eigenvalue weighted by molar-refractivity contribution is 7.99. The fraction of sp³-hybridized carbons (Fsp3) is 1.00. The molecule has 0 bridgehead atoms. The Hall–Kier alpha value is 0.544. The van der Waals surface area contributed by atoms with Crippen molar-refractivity contribution in [3.8, 4) is 0 Å². The topological polar surface area (TPSA) is 55.4 Å². The molecule has 27 heavy (non-hydrogen) atoms. The molecule has 0 aliphatic heterocycles. The predicted molar refractivity (Wildman–Crippen MR) is 117 cm³/mol. The Morgan fingerprint density at radius 1 is 0.519 bits per heavy atom. The maximum absolute atomic E-state index is 6.03. The third kappa shape index (κ3) is 8.83. The number of thioether (sulfide) groups is 1. The zero-order valence-electron chi connectivity index (χ0n) is 18.7. The van der Waals surface area contributed by atoms with Crippen molar-refractivity contribution in [2.24, 2.45) is 0 Å². The minimum atomic E-state index is -2.67. The van der Waals surface area contributed by atoms with E-state index in [-0.39, 0.29) is 11.1 Å². The molecule has 0 fully saturated rings. The van der Waals surface area contributed by atoms with Gasteiger partial charge in [-0.25, -0.2) is 0 Å². The Morgan fingerprint density at radius 3 is 0.926 bits per heavy atom. The molecular formula is C18H42O6SSi2. The largest absolute Gasteiger partial charge is 0.504 e. The lowest BCUT2D eigenvalue weighted by atomic mass is 10.5. The molecule has 0 heterocycles. The highest BCUT2D eigenvalue weighted by Gasteiger charge is 2.48. The van der Waals surface area contributed by atoms with Gasteiger partial charge in [0.15, 0.2) is 0 Å². The molecule has 0 N–H and O–H groups in total. The van der Waals surface area contributed by atoms with Crippen LogP contribution < -0.4 is 0 Å². The molecule has 164 valence electrons. The maximum atomic E-state index is 6.03. The molecule has 2 unspecified atom stereocenters. The van der Waals surface area contributed by atoms with Crippen LogP contribution in [0.5, 0.6) is 0 Å².